The first kappa shape index (κ1) is 26.8. The van der Waals surface area contributed by atoms with Gasteiger partial charge in [-0.15, -0.1) is 11.3 Å². The minimum absolute atomic E-state index is 0.134. The average Bonchev–Trinajstić information content (AvgIpc) is 3.14. The van der Waals surface area contributed by atoms with Crippen molar-refractivity contribution in [2.45, 2.75) is 27.4 Å². The van der Waals surface area contributed by atoms with Crippen LogP contribution in [-0.2, 0) is 16.1 Å². The van der Waals surface area contributed by atoms with Crippen LogP contribution in [0.15, 0.2) is 48.0 Å². The number of carbonyl (C=O) groups is 2. The predicted octanol–water partition coefficient (Wildman–Crippen LogP) is 6.33. The van der Waals surface area contributed by atoms with Gasteiger partial charge in [-0.1, -0.05) is 29.8 Å². The highest BCUT2D eigenvalue weighted by molar-refractivity contribution is 7.16. The first-order valence-corrected chi connectivity index (χ1v) is 12.2. The molecule has 0 aliphatic carbocycles. The minimum Gasteiger partial charge on any atom is -0.493 e. The molecule has 0 atom stereocenters. The molecule has 3 aromatic rings. The minimum atomic E-state index is -0.633. The van der Waals surface area contributed by atoms with E-state index in [9.17, 15) is 14.9 Å². The number of ether oxygens (including phenoxy) is 3. The molecule has 3 rings (SSSR count). The van der Waals surface area contributed by atoms with Gasteiger partial charge in [0.25, 0.3) is 5.91 Å². The monoisotopic (exact) mass is 524 g/mol. The summed E-state index contributed by atoms with van der Waals surface area (Å²) in [5.41, 5.74) is 2.41. The molecule has 0 spiro atoms. The van der Waals surface area contributed by atoms with Crippen molar-refractivity contribution < 1.29 is 23.8 Å². The van der Waals surface area contributed by atoms with E-state index in [0.717, 1.165) is 16.0 Å². The van der Waals surface area contributed by atoms with Crippen molar-refractivity contribution in [2.24, 2.45) is 0 Å². The Hall–Kier alpha value is -3.80. The van der Waals surface area contributed by atoms with Crippen LogP contribution in [0, 0.1) is 25.2 Å². The molecule has 0 aliphatic heterocycles. The fourth-order valence-corrected chi connectivity index (χ4v) is 4.45. The molecule has 0 aliphatic rings. The van der Waals surface area contributed by atoms with Gasteiger partial charge in [-0.05, 0) is 67.8 Å². The number of amides is 1. The largest absolute Gasteiger partial charge is 0.493 e. The summed E-state index contributed by atoms with van der Waals surface area (Å²) >= 11 is 7.18. The van der Waals surface area contributed by atoms with Crippen LogP contribution in [0.1, 0.15) is 38.8 Å². The summed E-state index contributed by atoms with van der Waals surface area (Å²) in [4.78, 5) is 26.2. The maximum Gasteiger partial charge on any atom is 0.341 e. The van der Waals surface area contributed by atoms with Gasteiger partial charge in [0.1, 0.15) is 23.3 Å². The summed E-state index contributed by atoms with van der Waals surface area (Å²) in [7, 11) is 1.51. The Morgan fingerprint density at radius 2 is 1.86 bits per heavy atom. The number of methoxy groups -OCH3 is 1. The van der Waals surface area contributed by atoms with Crippen LogP contribution in [0.3, 0.4) is 0 Å². The van der Waals surface area contributed by atoms with Gasteiger partial charge >= 0.3 is 5.97 Å². The number of hydrogen-bond acceptors (Lipinski definition) is 7. The van der Waals surface area contributed by atoms with Crippen molar-refractivity contribution in [2.75, 3.05) is 19.0 Å². The number of halogens is 1. The molecule has 7 nitrogen and oxygen atoms in total. The highest BCUT2D eigenvalue weighted by atomic mass is 35.5. The smallest absolute Gasteiger partial charge is 0.341 e. The number of thiophene rings is 1. The SMILES string of the molecule is CCOC(=O)c1c(NC(=O)/C(C#N)=C/c2ccc(OCc3ccc(Cl)cc3)c(OC)c2)sc(C)c1C. The van der Waals surface area contributed by atoms with Gasteiger partial charge in [0, 0.05) is 9.90 Å². The van der Waals surface area contributed by atoms with Crippen LogP contribution in [0.5, 0.6) is 11.5 Å². The number of nitriles is 1. The van der Waals surface area contributed by atoms with Crippen molar-refractivity contribution >= 4 is 45.9 Å². The summed E-state index contributed by atoms with van der Waals surface area (Å²) < 4.78 is 16.4. The number of carbonyl (C=O) groups excluding carboxylic acids is 2. The summed E-state index contributed by atoms with van der Waals surface area (Å²) in [5, 5.41) is 13.3. The first-order chi connectivity index (χ1) is 17.3. The predicted molar refractivity (Wildman–Crippen MR) is 141 cm³/mol. The van der Waals surface area contributed by atoms with E-state index < -0.39 is 11.9 Å². The molecule has 36 heavy (non-hydrogen) atoms. The fourth-order valence-electron chi connectivity index (χ4n) is 3.28. The average molecular weight is 525 g/mol. The van der Waals surface area contributed by atoms with Gasteiger partial charge in [-0.25, -0.2) is 4.79 Å². The van der Waals surface area contributed by atoms with Gasteiger partial charge in [0.05, 0.1) is 19.3 Å². The van der Waals surface area contributed by atoms with E-state index in [4.69, 9.17) is 25.8 Å². The fraction of sp³-hybridized carbons (Fsp3) is 0.222. The van der Waals surface area contributed by atoms with Gasteiger partial charge in [0.2, 0.25) is 0 Å². The number of nitrogens with one attached hydrogen (secondary N) is 1. The van der Waals surface area contributed by atoms with E-state index >= 15 is 0 Å². The second-order valence-electron chi connectivity index (χ2n) is 7.66. The summed E-state index contributed by atoms with van der Waals surface area (Å²) in [6.45, 7) is 5.88. The molecule has 0 unspecified atom stereocenters. The summed E-state index contributed by atoms with van der Waals surface area (Å²) in [6.07, 6.45) is 1.44. The lowest BCUT2D eigenvalue weighted by atomic mass is 10.1. The molecular weight excluding hydrogens is 500 g/mol. The third-order valence-corrected chi connectivity index (χ3v) is 6.64. The van der Waals surface area contributed by atoms with Crippen molar-refractivity contribution in [3.63, 3.8) is 0 Å². The molecule has 1 aromatic heterocycles. The molecule has 0 saturated carbocycles. The maximum atomic E-state index is 12.9. The molecule has 0 saturated heterocycles. The van der Waals surface area contributed by atoms with E-state index in [1.54, 1.807) is 44.2 Å². The number of esters is 1. The van der Waals surface area contributed by atoms with Crippen LogP contribution < -0.4 is 14.8 Å². The zero-order valence-electron chi connectivity index (χ0n) is 20.3. The maximum absolute atomic E-state index is 12.9. The number of hydrogen-bond donors (Lipinski definition) is 1. The number of anilines is 1. The van der Waals surface area contributed by atoms with Crippen molar-refractivity contribution in [1.29, 1.82) is 5.26 Å². The third-order valence-electron chi connectivity index (χ3n) is 5.26. The Labute approximate surface area is 218 Å². The molecule has 1 N–H and O–H groups in total. The third kappa shape index (κ3) is 6.45. The number of benzene rings is 2. The summed E-state index contributed by atoms with van der Waals surface area (Å²) in [6, 6.07) is 14.3. The van der Waals surface area contributed by atoms with Gasteiger partial charge in [-0.3, -0.25) is 4.79 Å². The van der Waals surface area contributed by atoms with E-state index in [0.29, 0.717) is 39.3 Å². The Balaban J connectivity index is 1.80. The lowest BCUT2D eigenvalue weighted by Crippen LogP contribution is -2.16. The van der Waals surface area contributed by atoms with Crippen LogP contribution in [0.4, 0.5) is 5.00 Å². The lowest BCUT2D eigenvalue weighted by Gasteiger charge is -2.12. The van der Waals surface area contributed by atoms with Crippen LogP contribution in [-0.4, -0.2) is 25.6 Å². The molecule has 2 aromatic carbocycles. The van der Waals surface area contributed by atoms with E-state index in [1.807, 2.05) is 25.1 Å². The molecule has 1 amide bonds. The number of rotatable bonds is 9. The molecule has 186 valence electrons. The van der Waals surface area contributed by atoms with Crippen molar-refractivity contribution in [3.05, 3.63) is 80.2 Å². The van der Waals surface area contributed by atoms with E-state index in [2.05, 4.69) is 5.32 Å². The highest BCUT2D eigenvalue weighted by Gasteiger charge is 2.23. The summed E-state index contributed by atoms with van der Waals surface area (Å²) in [5.74, 6) is -0.192. The van der Waals surface area contributed by atoms with E-state index in [-0.39, 0.29) is 12.2 Å². The molecular formula is C27H25ClN2O5S. The van der Waals surface area contributed by atoms with Gasteiger partial charge in [0.15, 0.2) is 11.5 Å². The Morgan fingerprint density at radius 1 is 1.14 bits per heavy atom. The molecule has 0 fully saturated rings. The van der Waals surface area contributed by atoms with Crippen LogP contribution in [0.25, 0.3) is 6.08 Å². The Kier molecular flexibility index (Phi) is 9.12. The van der Waals surface area contributed by atoms with Crippen molar-refractivity contribution in [1.82, 2.24) is 0 Å². The first-order valence-electron chi connectivity index (χ1n) is 11.0. The molecule has 0 bridgehead atoms. The zero-order chi connectivity index (χ0) is 26.2. The lowest BCUT2D eigenvalue weighted by molar-refractivity contribution is -0.112. The Bertz CT molecular complexity index is 1340. The number of aryl methyl sites for hydroxylation is 1. The van der Waals surface area contributed by atoms with Crippen LogP contribution >= 0.6 is 22.9 Å². The van der Waals surface area contributed by atoms with E-state index in [1.165, 1.54) is 24.5 Å². The zero-order valence-corrected chi connectivity index (χ0v) is 21.9. The second-order valence-corrected chi connectivity index (χ2v) is 9.32. The molecule has 1 heterocycles. The van der Waals surface area contributed by atoms with Crippen molar-refractivity contribution in [3.8, 4) is 17.6 Å². The molecule has 0 radical (unpaired) electrons. The Morgan fingerprint density at radius 3 is 2.50 bits per heavy atom. The quantitative estimate of drug-likeness (QED) is 0.199. The highest BCUT2D eigenvalue weighted by Crippen LogP contribution is 2.34. The topological polar surface area (TPSA) is 97.7 Å². The standard InChI is InChI=1S/C27H25ClN2O5S/c1-5-34-27(32)24-16(2)17(3)36-26(24)30-25(31)20(14-29)12-19-8-11-22(23(13-19)33-4)35-15-18-6-9-21(28)10-7-18/h6-13H,5,15H2,1-4H3,(H,30,31)/b20-12+. The second kappa shape index (κ2) is 12.2. The van der Waals surface area contributed by atoms with Gasteiger partial charge in [-0.2, -0.15) is 5.26 Å². The number of nitrogens with zero attached hydrogens (tertiary/aromatic N) is 1. The van der Waals surface area contributed by atoms with Gasteiger partial charge < -0.3 is 19.5 Å². The molecule has 9 heteroatoms. The van der Waals surface area contributed by atoms with Crippen LogP contribution in [0.2, 0.25) is 5.02 Å². The normalized spacial score (nSPS) is 10.9.